The maximum atomic E-state index is 13.2. The summed E-state index contributed by atoms with van der Waals surface area (Å²) in [5, 5.41) is 36.1. The number of hydrogen-bond acceptors (Lipinski definition) is 9. The Morgan fingerprint density at radius 1 is 0.608 bits per heavy atom. The predicted octanol–water partition coefficient (Wildman–Crippen LogP) is 2.38. The van der Waals surface area contributed by atoms with E-state index in [1.807, 2.05) is 0 Å². The van der Waals surface area contributed by atoms with Crippen molar-refractivity contribution in [3.8, 4) is 0 Å². The molecule has 3 amide bonds. The first kappa shape index (κ1) is 47.4. The molecule has 0 saturated heterocycles. The van der Waals surface area contributed by atoms with Crippen molar-refractivity contribution in [2.45, 2.75) is 160 Å². The molecule has 0 radical (unpaired) electrons. The van der Waals surface area contributed by atoms with Gasteiger partial charge in [-0.05, 0) is 25.7 Å². The summed E-state index contributed by atoms with van der Waals surface area (Å²) >= 11 is 0. The second-order valence-corrected chi connectivity index (χ2v) is 13.2. The molecule has 15 nitrogen and oxygen atoms in total. The average Bonchev–Trinajstić information content (AvgIpc) is 3.10. The molecule has 0 bridgehead atoms. The molecule has 0 aliphatic rings. The van der Waals surface area contributed by atoms with E-state index in [0.29, 0.717) is 6.42 Å². The lowest BCUT2D eigenvalue weighted by Crippen LogP contribution is -2.54. The quantitative estimate of drug-likeness (QED) is 0.0276. The van der Waals surface area contributed by atoms with Crippen molar-refractivity contribution in [2.24, 2.45) is 22.4 Å². The Morgan fingerprint density at radius 2 is 1.14 bits per heavy atom. The number of unbranched alkanes of at least 4 members (excludes halogenated alkanes) is 12. The van der Waals surface area contributed by atoms with Crippen molar-refractivity contribution in [2.75, 3.05) is 19.8 Å². The Balaban J connectivity index is 5.00. The lowest BCUT2D eigenvalue weighted by Gasteiger charge is -2.24. The standard InChI is InChI=1S/C36H66N6O9/c1-3-5-6-7-8-9-10-11-12-13-14-15-16-19-32(47)40-29(25-44)35(51)42-28(24-43)31(46)23-26(18-17-22-39-36(37)38)34(50)41-27(30(45)4-2)20-21-33(48)49/h26-29,43-44H,3-25H2,1-2H3,(H,40,47)(H,41,50)(H,42,51)(H,48,49)(H4,37,38,39)/t26-,27+,28+,29+/m1/s1. The minimum Gasteiger partial charge on any atom is -0.481 e. The van der Waals surface area contributed by atoms with Crippen LogP contribution in [0.1, 0.15) is 142 Å². The van der Waals surface area contributed by atoms with Crippen LogP contribution in [0.5, 0.6) is 0 Å². The van der Waals surface area contributed by atoms with Crippen LogP contribution in [0, 0.1) is 5.92 Å². The molecule has 0 aromatic carbocycles. The lowest BCUT2D eigenvalue weighted by molar-refractivity contribution is -0.138. The molecule has 0 aromatic heterocycles. The summed E-state index contributed by atoms with van der Waals surface area (Å²) < 4.78 is 0. The van der Waals surface area contributed by atoms with Gasteiger partial charge in [0.1, 0.15) is 12.1 Å². The minimum absolute atomic E-state index is 0.0548. The molecule has 0 rings (SSSR count). The fraction of sp³-hybridized carbons (Fsp3) is 0.806. The van der Waals surface area contributed by atoms with E-state index in [1.54, 1.807) is 6.92 Å². The molecule has 0 aliphatic carbocycles. The number of hydrogen-bond donors (Lipinski definition) is 8. The molecular formula is C36H66N6O9. The van der Waals surface area contributed by atoms with Crippen LogP contribution in [0.25, 0.3) is 0 Å². The van der Waals surface area contributed by atoms with E-state index in [0.717, 1.165) is 19.3 Å². The molecule has 10 N–H and O–H groups in total. The van der Waals surface area contributed by atoms with Crippen LogP contribution in [0.15, 0.2) is 4.99 Å². The van der Waals surface area contributed by atoms with Crippen molar-refractivity contribution < 1.29 is 44.1 Å². The zero-order chi connectivity index (χ0) is 38.4. The first-order valence-corrected chi connectivity index (χ1v) is 18.8. The fourth-order valence-electron chi connectivity index (χ4n) is 5.64. The van der Waals surface area contributed by atoms with Crippen LogP contribution in [-0.4, -0.2) is 94.4 Å². The number of carbonyl (C=O) groups excluding carboxylic acids is 5. The van der Waals surface area contributed by atoms with Gasteiger partial charge < -0.3 is 42.7 Å². The van der Waals surface area contributed by atoms with Crippen molar-refractivity contribution in [3.63, 3.8) is 0 Å². The van der Waals surface area contributed by atoms with E-state index < -0.39 is 73.2 Å². The smallest absolute Gasteiger partial charge is 0.303 e. The molecule has 0 aliphatic heterocycles. The van der Waals surface area contributed by atoms with Gasteiger partial charge in [-0.1, -0.05) is 90.9 Å². The number of aliphatic imine (C=N–C) groups is 1. The Morgan fingerprint density at radius 3 is 1.63 bits per heavy atom. The average molecular weight is 727 g/mol. The predicted molar refractivity (Wildman–Crippen MR) is 195 cm³/mol. The normalized spacial score (nSPS) is 13.3. The number of rotatable bonds is 33. The van der Waals surface area contributed by atoms with Crippen molar-refractivity contribution in [1.82, 2.24) is 16.0 Å². The molecule has 0 fully saturated rings. The zero-order valence-electron chi connectivity index (χ0n) is 31.0. The number of aliphatic carboxylic acids is 1. The second kappa shape index (κ2) is 30.1. The molecule has 51 heavy (non-hydrogen) atoms. The van der Waals surface area contributed by atoms with Gasteiger partial charge >= 0.3 is 5.97 Å². The highest BCUT2D eigenvalue weighted by molar-refractivity contribution is 5.96. The van der Waals surface area contributed by atoms with E-state index in [1.165, 1.54) is 57.8 Å². The van der Waals surface area contributed by atoms with Crippen LogP contribution in [0.3, 0.4) is 0 Å². The highest BCUT2D eigenvalue weighted by atomic mass is 16.4. The van der Waals surface area contributed by atoms with E-state index >= 15 is 0 Å². The summed E-state index contributed by atoms with van der Waals surface area (Å²) in [6.07, 6.45) is 14.8. The summed E-state index contributed by atoms with van der Waals surface area (Å²) in [5.74, 6) is -5.37. The zero-order valence-corrected chi connectivity index (χ0v) is 31.0. The number of amides is 3. The number of Topliss-reactive ketones (excluding diaryl/α,β-unsaturated/α-hetero) is 2. The summed E-state index contributed by atoms with van der Waals surface area (Å²) in [6.45, 7) is 2.40. The Hall–Kier alpha value is -3.59. The third kappa shape index (κ3) is 24.3. The van der Waals surface area contributed by atoms with Crippen LogP contribution in [0.4, 0.5) is 0 Å². The number of aliphatic hydroxyl groups is 2. The first-order valence-electron chi connectivity index (χ1n) is 18.8. The molecule has 0 heterocycles. The van der Waals surface area contributed by atoms with Crippen molar-refractivity contribution in [1.29, 1.82) is 0 Å². The van der Waals surface area contributed by atoms with Gasteiger partial charge in [0.2, 0.25) is 17.7 Å². The molecule has 0 spiro atoms. The number of guanidine groups is 1. The third-order valence-electron chi connectivity index (χ3n) is 8.75. The van der Waals surface area contributed by atoms with Crippen molar-refractivity contribution >= 4 is 41.2 Å². The van der Waals surface area contributed by atoms with Gasteiger partial charge in [0.25, 0.3) is 0 Å². The van der Waals surface area contributed by atoms with E-state index in [2.05, 4.69) is 27.9 Å². The molecule has 4 atom stereocenters. The van der Waals surface area contributed by atoms with E-state index in [4.69, 9.17) is 16.6 Å². The van der Waals surface area contributed by atoms with Crippen LogP contribution < -0.4 is 27.4 Å². The van der Waals surface area contributed by atoms with Gasteiger partial charge in [0, 0.05) is 38.1 Å². The van der Waals surface area contributed by atoms with Crippen LogP contribution >= 0.6 is 0 Å². The number of nitrogens with zero attached hydrogens (tertiary/aromatic N) is 1. The number of carboxylic acids is 1. The summed E-state index contributed by atoms with van der Waals surface area (Å²) in [4.78, 5) is 79.2. The number of ketones is 2. The second-order valence-electron chi connectivity index (χ2n) is 13.2. The van der Waals surface area contributed by atoms with Crippen LogP contribution in [-0.2, 0) is 28.8 Å². The van der Waals surface area contributed by atoms with E-state index in [-0.39, 0.29) is 56.8 Å². The highest BCUT2D eigenvalue weighted by Gasteiger charge is 2.31. The number of nitrogens with two attached hydrogens (primary N) is 2. The monoisotopic (exact) mass is 726 g/mol. The summed E-state index contributed by atoms with van der Waals surface area (Å²) in [5.41, 5.74) is 10.7. The topological polar surface area (TPSA) is 264 Å². The Labute approximate surface area is 303 Å². The van der Waals surface area contributed by atoms with Crippen molar-refractivity contribution in [3.05, 3.63) is 0 Å². The molecule has 0 unspecified atom stereocenters. The first-order chi connectivity index (χ1) is 24.4. The lowest BCUT2D eigenvalue weighted by atomic mass is 9.92. The molecule has 15 heteroatoms. The largest absolute Gasteiger partial charge is 0.481 e. The maximum Gasteiger partial charge on any atom is 0.303 e. The molecular weight excluding hydrogens is 660 g/mol. The number of nitrogens with one attached hydrogen (secondary N) is 3. The molecule has 294 valence electrons. The summed E-state index contributed by atoms with van der Waals surface area (Å²) in [6, 6.07) is -3.87. The summed E-state index contributed by atoms with van der Waals surface area (Å²) in [7, 11) is 0. The number of carbonyl (C=O) groups is 6. The fourth-order valence-corrected chi connectivity index (χ4v) is 5.64. The third-order valence-corrected chi connectivity index (χ3v) is 8.75. The van der Waals surface area contributed by atoms with Gasteiger partial charge in [-0.15, -0.1) is 0 Å². The molecule has 0 saturated carbocycles. The SMILES string of the molecule is CCCCCCCCCCCCCCCC(=O)N[C@@H](CO)C(=O)N[C@@H](CO)C(=O)C[C@@H](CCCN=C(N)N)C(=O)N[C@@H](CCC(=O)O)C(=O)CC. The minimum atomic E-state index is -1.45. The van der Waals surface area contributed by atoms with Gasteiger partial charge in [-0.3, -0.25) is 33.8 Å². The highest BCUT2D eigenvalue weighted by Crippen LogP contribution is 2.16. The van der Waals surface area contributed by atoms with E-state index in [9.17, 15) is 39.0 Å². The molecule has 0 aromatic rings. The van der Waals surface area contributed by atoms with Gasteiger partial charge in [0.05, 0.1) is 19.3 Å². The Bertz CT molecular complexity index is 1070. The van der Waals surface area contributed by atoms with Gasteiger partial charge in [-0.25, -0.2) is 0 Å². The van der Waals surface area contributed by atoms with Gasteiger partial charge in [0.15, 0.2) is 17.5 Å². The number of aliphatic hydroxyl groups excluding tert-OH is 2. The number of carboxylic acid groups (broad SMARTS) is 1. The maximum absolute atomic E-state index is 13.2. The Kier molecular flexibility index (Phi) is 28.0. The van der Waals surface area contributed by atoms with Gasteiger partial charge in [-0.2, -0.15) is 0 Å². The van der Waals surface area contributed by atoms with Crippen LogP contribution in [0.2, 0.25) is 0 Å².